The second-order valence-corrected chi connectivity index (χ2v) is 5.26. The largest absolute Gasteiger partial charge is 0.495 e. The SMILES string of the molecule is COc1ccc(C2=CC(Cl)CC2)c(OC)c1Br. The van der Waals surface area contributed by atoms with Crippen LogP contribution in [0.25, 0.3) is 5.57 Å². The molecule has 0 N–H and O–H groups in total. The van der Waals surface area contributed by atoms with E-state index in [1.54, 1.807) is 14.2 Å². The van der Waals surface area contributed by atoms with Crippen LogP contribution in [-0.4, -0.2) is 19.6 Å². The quantitative estimate of drug-likeness (QED) is 0.776. The Balaban J connectivity index is 2.48. The lowest BCUT2D eigenvalue weighted by molar-refractivity contribution is 0.388. The first-order valence-electron chi connectivity index (χ1n) is 5.43. The van der Waals surface area contributed by atoms with Crippen LogP contribution in [0.1, 0.15) is 18.4 Å². The summed E-state index contributed by atoms with van der Waals surface area (Å²) in [5, 5.41) is 0.135. The first kappa shape index (κ1) is 12.8. The van der Waals surface area contributed by atoms with Crippen molar-refractivity contribution < 1.29 is 9.47 Å². The van der Waals surface area contributed by atoms with Crippen LogP contribution in [-0.2, 0) is 0 Å². The second-order valence-electron chi connectivity index (χ2n) is 3.91. The van der Waals surface area contributed by atoms with Crippen LogP contribution in [0.5, 0.6) is 11.5 Å². The summed E-state index contributed by atoms with van der Waals surface area (Å²) >= 11 is 9.60. The Morgan fingerprint density at radius 1 is 1.29 bits per heavy atom. The van der Waals surface area contributed by atoms with Crippen LogP contribution in [0, 0.1) is 0 Å². The monoisotopic (exact) mass is 316 g/mol. The average Bonchev–Trinajstić information content (AvgIpc) is 2.75. The summed E-state index contributed by atoms with van der Waals surface area (Å²) < 4.78 is 11.6. The molecule has 1 aromatic rings. The van der Waals surface area contributed by atoms with Gasteiger partial charge in [-0.05, 0) is 46.5 Å². The van der Waals surface area contributed by atoms with Crippen molar-refractivity contribution in [2.75, 3.05) is 14.2 Å². The molecule has 1 unspecified atom stereocenters. The van der Waals surface area contributed by atoms with Crippen LogP contribution in [0.4, 0.5) is 0 Å². The average molecular weight is 318 g/mol. The van der Waals surface area contributed by atoms with E-state index in [4.69, 9.17) is 21.1 Å². The molecule has 1 atom stereocenters. The minimum absolute atomic E-state index is 0.135. The van der Waals surface area contributed by atoms with Gasteiger partial charge in [0, 0.05) is 5.56 Å². The van der Waals surface area contributed by atoms with Gasteiger partial charge in [0.1, 0.15) is 16.0 Å². The third-order valence-corrected chi connectivity index (χ3v) is 4.00. The molecule has 1 aromatic carbocycles. The number of alkyl halides is 1. The van der Waals surface area contributed by atoms with E-state index in [2.05, 4.69) is 22.0 Å². The van der Waals surface area contributed by atoms with Crippen LogP contribution < -0.4 is 9.47 Å². The Labute approximate surface area is 115 Å². The number of allylic oxidation sites excluding steroid dienone is 2. The van der Waals surface area contributed by atoms with Crippen molar-refractivity contribution >= 4 is 33.1 Å². The predicted molar refractivity (Wildman–Crippen MR) is 74.1 cm³/mol. The van der Waals surface area contributed by atoms with Gasteiger partial charge in [0.15, 0.2) is 0 Å². The van der Waals surface area contributed by atoms with Crippen molar-refractivity contribution in [3.05, 3.63) is 28.2 Å². The summed E-state index contributed by atoms with van der Waals surface area (Å²) in [6, 6.07) is 3.95. The molecular formula is C13H14BrClO2. The van der Waals surface area contributed by atoms with E-state index in [1.807, 2.05) is 12.1 Å². The minimum atomic E-state index is 0.135. The first-order valence-corrected chi connectivity index (χ1v) is 6.66. The first-order chi connectivity index (χ1) is 8.17. The van der Waals surface area contributed by atoms with E-state index < -0.39 is 0 Å². The number of halogens is 2. The Morgan fingerprint density at radius 3 is 2.59 bits per heavy atom. The van der Waals surface area contributed by atoms with Gasteiger partial charge in [0.2, 0.25) is 0 Å². The molecule has 0 radical (unpaired) electrons. The predicted octanol–water partition coefficient (Wildman–Crippen LogP) is 4.25. The zero-order valence-corrected chi connectivity index (χ0v) is 12.1. The van der Waals surface area contributed by atoms with Crippen molar-refractivity contribution in [2.45, 2.75) is 18.2 Å². The molecule has 1 aliphatic rings. The van der Waals surface area contributed by atoms with Gasteiger partial charge < -0.3 is 9.47 Å². The smallest absolute Gasteiger partial charge is 0.144 e. The van der Waals surface area contributed by atoms with Crippen molar-refractivity contribution in [3.63, 3.8) is 0 Å². The van der Waals surface area contributed by atoms with E-state index >= 15 is 0 Å². The highest BCUT2D eigenvalue weighted by Gasteiger charge is 2.20. The number of ether oxygens (including phenoxy) is 2. The number of hydrogen-bond acceptors (Lipinski definition) is 2. The highest BCUT2D eigenvalue weighted by atomic mass is 79.9. The molecule has 92 valence electrons. The lowest BCUT2D eigenvalue weighted by Crippen LogP contribution is -1.94. The molecule has 0 bridgehead atoms. The number of hydrogen-bond donors (Lipinski definition) is 0. The maximum absolute atomic E-state index is 6.10. The molecule has 0 saturated carbocycles. The minimum Gasteiger partial charge on any atom is -0.495 e. The van der Waals surface area contributed by atoms with E-state index in [1.165, 1.54) is 5.57 Å². The second kappa shape index (κ2) is 5.32. The Hall–Kier alpha value is -0.670. The van der Waals surface area contributed by atoms with E-state index in [-0.39, 0.29) is 5.38 Å². The van der Waals surface area contributed by atoms with Gasteiger partial charge in [-0.1, -0.05) is 6.08 Å². The molecular weight excluding hydrogens is 303 g/mol. The number of rotatable bonds is 3. The van der Waals surface area contributed by atoms with E-state index in [0.717, 1.165) is 34.4 Å². The normalized spacial score (nSPS) is 19.1. The van der Waals surface area contributed by atoms with Crippen molar-refractivity contribution in [1.82, 2.24) is 0 Å². The zero-order chi connectivity index (χ0) is 12.4. The highest BCUT2D eigenvalue weighted by molar-refractivity contribution is 9.10. The zero-order valence-electron chi connectivity index (χ0n) is 9.80. The topological polar surface area (TPSA) is 18.5 Å². The van der Waals surface area contributed by atoms with E-state index in [9.17, 15) is 0 Å². The molecule has 0 aromatic heterocycles. The van der Waals surface area contributed by atoms with Gasteiger partial charge in [-0.2, -0.15) is 0 Å². The maximum atomic E-state index is 6.10. The fraction of sp³-hybridized carbons (Fsp3) is 0.385. The number of benzene rings is 1. The summed E-state index contributed by atoms with van der Waals surface area (Å²) in [6.07, 6.45) is 4.07. The van der Waals surface area contributed by atoms with Crippen molar-refractivity contribution in [3.8, 4) is 11.5 Å². The molecule has 0 fully saturated rings. The van der Waals surface area contributed by atoms with Crippen LogP contribution >= 0.6 is 27.5 Å². The molecule has 0 spiro atoms. The molecule has 17 heavy (non-hydrogen) atoms. The van der Waals surface area contributed by atoms with Gasteiger partial charge in [-0.15, -0.1) is 11.6 Å². The fourth-order valence-electron chi connectivity index (χ4n) is 2.05. The molecule has 0 aliphatic heterocycles. The summed E-state index contributed by atoms with van der Waals surface area (Å²) in [5.74, 6) is 1.58. The Bertz CT molecular complexity index is 457. The third kappa shape index (κ3) is 2.45. The summed E-state index contributed by atoms with van der Waals surface area (Å²) in [6.45, 7) is 0. The fourth-order valence-corrected chi connectivity index (χ4v) is 2.98. The summed E-state index contributed by atoms with van der Waals surface area (Å²) in [5.41, 5.74) is 2.33. The lowest BCUT2D eigenvalue weighted by atomic mass is 10.0. The molecule has 0 saturated heterocycles. The lowest BCUT2D eigenvalue weighted by Gasteiger charge is -2.14. The standard InChI is InChI=1S/C13H14BrClO2/c1-16-11-6-5-10(13(17-2)12(11)14)8-3-4-9(15)7-8/h5-7,9H,3-4H2,1-2H3. The van der Waals surface area contributed by atoms with Gasteiger partial charge in [-0.25, -0.2) is 0 Å². The Kier molecular flexibility index (Phi) is 4.00. The summed E-state index contributed by atoms with van der Waals surface area (Å²) in [7, 11) is 3.31. The van der Waals surface area contributed by atoms with Gasteiger partial charge >= 0.3 is 0 Å². The maximum Gasteiger partial charge on any atom is 0.144 e. The molecule has 0 heterocycles. The van der Waals surface area contributed by atoms with Crippen LogP contribution in [0.2, 0.25) is 0 Å². The highest BCUT2D eigenvalue weighted by Crippen LogP contribution is 2.43. The van der Waals surface area contributed by atoms with E-state index in [0.29, 0.717) is 0 Å². The van der Waals surface area contributed by atoms with Crippen molar-refractivity contribution in [2.24, 2.45) is 0 Å². The van der Waals surface area contributed by atoms with Gasteiger partial charge in [-0.3, -0.25) is 0 Å². The molecule has 2 rings (SSSR count). The van der Waals surface area contributed by atoms with Gasteiger partial charge in [0.05, 0.1) is 19.6 Å². The van der Waals surface area contributed by atoms with Crippen molar-refractivity contribution in [1.29, 1.82) is 0 Å². The Morgan fingerprint density at radius 2 is 2.06 bits per heavy atom. The van der Waals surface area contributed by atoms with Crippen LogP contribution in [0.15, 0.2) is 22.7 Å². The molecule has 1 aliphatic carbocycles. The molecule has 2 nitrogen and oxygen atoms in total. The number of methoxy groups -OCH3 is 2. The third-order valence-electron chi connectivity index (χ3n) is 2.90. The molecule has 4 heteroatoms. The van der Waals surface area contributed by atoms with Gasteiger partial charge in [0.25, 0.3) is 0 Å². The van der Waals surface area contributed by atoms with Crippen LogP contribution in [0.3, 0.4) is 0 Å². The summed E-state index contributed by atoms with van der Waals surface area (Å²) in [4.78, 5) is 0. The molecule has 0 amide bonds.